The second-order valence-corrected chi connectivity index (χ2v) is 4.94. The quantitative estimate of drug-likeness (QED) is 0.332. The first kappa shape index (κ1) is 20.4. The van der Waals surface area contributed by atoms with Gasteiger partial charge in [0.2, 0.25) is 0 Å². The highest BCUT2D eigenvalue weighted by molar-refractivity contribution is 5.89. The van der Waals surface area contributed by atoms with Gasteiger partial charge < -0.3 is 30.1 Å². The zero-order valence-electron chi connectivity index (χ0n) is 14.1. The third-order valence-electron chi connectivity index (χ3n) is 3.16. The number of halogens is 1. The van der Waals surface area contributed by atoms with Gasteiger partial charge in [0.05, 0.1) is 18.6 Å². The third-order valence-corrected chi connectivity index (χ3v) is 3.16. The van der Waals surface area contributed by atoms with Crippen molar-refractivity contribution in [2.45, 2.75) is 20.3 Å². The molecule has 0 bridgehead atoms. The highest BCUT2D eigenvalue weighted by atomic mass is 35.5. The van der Waals surface area contributed by atoms with Gasteiger partial charge in [0.15, 0.2) is 5.96 Å². The van der Waals surface area contributed by atoms with Crippen LogP contribution in [-0.2, 0) is 4.74 Å². The summed E-state index contributed by atoms with van der Waals surface area (Å²) >= 11 is 0. The SMILES string of the molecule is CCOC(=O)Oc1oc2cccc(OCCCN=C(N)N)c2c1C.Cl. The largest absolute Gasteiger partial charge is 0.516 e. The van der Waals surface area contributed by atoms with E-state index in [1.54, 1.807) is 26.0 Å². The Hall–Kier alpha value is -2.61. The highest BCUT2D eigenvalue weighted by Crippen LogP contribution is 2.37. The van der Waals surface area contributed by atoms with Gasteiger partial charge in [-0.2, -0.15) is 0 Å². The summed E-state index contributed by atoms with van der Waals surface area (Å²) in [6, 6.07) is 5.39. The van der Waals surface area contributed by atoms with E-state index < -0.39 is 6.16 Å². The van der Waals surface area contributed by atoms with Crippen molar-refractivity contribution < 1.29 is 23.4 Å². The standard InChI is InChI=1S/C16H21N3O5.ClH/c1-3-21-16(20)24-14-10(2)13-11(6-4-7-12(13)23-14)22-9-5-8-19-15(17)18;/h4,6-7H,3,5,8-9H2,1-2H3,(H4,17,18,19);1H. The first-order valence-electron chi connectivity index (χ1n) is 7.57. The van der Waals surface area contributed by atoms with Crippen LogP contribution in [0.1, 0.15) is 18.9 Å². The number of rotatable bonds is 7. The summed E-state index contributed by atoms with van der Waals surface area (Å²) in [6.45, 7) is 4.63. The maximum absolute atomic E-state index is 11.5. The molecule has 138 valence electrons. The van der Waals surface area contributed by atoms with Crippen LogP contribution in [0.15, 0.2) is 27.6 Å². The van der Waals surface area contributed by atoms with E-state index in [1.165, 1.54) is 0 Å². The van der Waals surface area contributed by atoms with E-state index >= 15 is 0 Å². The number of ether oxygens (including phenoxy) is 3. The highest BCUT2D eigenvalue weighted by Gasteiger charge is 2.19. The molecule has 0 saturated heterocycles. The fourth-order valence-electron chi connectivity index (χ4n) is 2.14. The molecule has 0 radical (unpaired) electrons. The van der Waals surface area contributed by atoms with Crippen LogP contribution in [0, 0.1) is 6.92 Å². The number of aryl methyl sites for hydroxylation is 1. The Bertz CT molecular complexity index is 741. The van der Waals surface area contributed by atoms with E-state index in [1.807, 2.05) is 6.07 Å². The van der Waals surface area contributed by atoms with E-state index in [4.69, 9.17) is 30.1 Å². The van der Waals surface area contributed by atoms with Crippen molar-refractivity contribution in [3.8, 4) is 11.7 Å². The number of hydrogen-bond acceptors (Lipinski definition) is 6. The van der Waals surface area contributed by atoms with Crippen LogP contribution in [0.3, 0.4) is 0 Å². The minimum atomic E-state index is -0.806. The van der Waals surface area contributed by atoms with Crippen LogP contribution in [0.2, 0.25) is 0 Å². The van der Waals surface area contributed by atoms with Gasteiger partial charge in [0, 0.05) is 18.5 Å². The Labute approximate surface area is 151 Å². The molecule has 4 N–H and O–H groups in total. The van der Waals surface area contributed by atoms with Crippen molar-refractivity contribution in [3.63, 3.8) is 0 Å². The van der Waals surface area contributed by atoms with E-state index in [2.05, 4.69) is 4.99 Å². The average Bonchev–Trinajstić information content (AvgIpc) is 2.84. The molecular formula is C16H22ClN3O5. The summed E-state index contributed by atoms with van der Waals surface area (Å²) in [5.74, 6) is 0.792. The molecule has 1 heterocycles. The number of furan rings is 1. The summed E-state index contributed by atoms with van der Waals surface area (Å²) in [5.41, 5.74) is 11.8. The lowest BCUT2D eigenvalue weighted by Crippen LogP contribution is -2.23. The van der Waals surface area contributed by atoms with Crippen LogP contribution in [0.5, 0.6) is 11.7 Å². The minimum absolute atomic E-state index is 0. The van der Waals surface area contributed by atoms with E-state index in [0.717, 1.165) is 5.39 Å². The minimum Gasteiger partial charge on any atom is -0.493 e. The number of carbonyl (C=O) groups is 1. The molecule has 2 rings (SSSR count). The van der Waals surface area contributed by atoms with Crippen molar-refractivity contribution >= 4 is 35.5 Å². The Morgan fingerprint density at radius 2 is 2.08 bits per heavy atom. The number of benzene rings is 1. The number of hydrogen-bond donors (Lipinski definition) is 2. The normalized spacial score (nSPS) is 10.0. The van der Waals surface area contributed by atoms with Gasteiger partial charge in [-0.05, 0) is 26.0 Å². The van der Waals surface area contributed by atoms with Crippen LogP contribution in [0.4, 0.5) is 4.79 Å². The van der Waals surface area contributed by atoms with Gasteiger partial charge >= 0.3 is 6.16 Å². The molecule has 25 heavy (non-hydrogen) atoms. The van der Waals surface area contributed by atoms with Crippen LogP contribution in [-0.4, -0.2) is 31.9 Å². The summed E-state index contributed by atoms with van der Waals surface area (Å²) < 4.78 is 21.1. The zero-order chi connectivity index (χ0) is 17.5. The summed E-state index contributed by atoms with van der Waals surface area (Å²) in [4.78, 5) is 15.3. The van der Waals surface area contributed by atoms with Crippen molar-refractivity contribution in [2.75, 3.05) is 19.8 Å². The molecule has 8 nitrogen and oxygen atoms in total. The number of guanidine groups is 1. The molecule has 0 aliphatic rings. The molecular weight excluding hydrogens is 350 g/mol. The molecule has 1 aromatic heterocycles. The maximum Gasteiger partial charge on any atom is 0.516 e. The summed E-state index contributed by atoms with van der Waals surface area (Å²) in [5, 5.41) is 0.749. The lowest BCUT2D eigenvalue weighted by atomic mass is 10.1. The summed E-state index contributed by atoms with van der Waals surface area (Å²) in [6.07, 6.45) is -0.142. The average molecular weight is 372 g/mol. The lowest BCUT2D eigenvalue weighted by Gasteiger charge is -2.06. The molecule has 0 amide bonds. The van der Waals surface area contributed by atoms with Gasteiger partial charge in [-0.3, -0.25) is 4.99 Å². The fraction of sp³-hybridized carbons (Fsp3) is 0.375. The van der Waals surface area contributed by atoms with Gasteiger partial charge in [0.1, 0.15) is 11.3 Å². The Morgan fingerprint density at radius 3 is 2.76 bits per heavy atom. The van der Waals surface area contributed by atoms with Crippen LogP contribution >= 0.6 is 12.4 Å². The van der Waals surface area contributed by atoms with Gasteiger partial charge in [-0.15, -0.1) is 12.4 Å². The molecule has 9 heteroatoms. The molecule has 0 atom stereocenters. The smallest absolute Gasteiger partial charge is 0.493 e. The van der Waals surface area contributed by atoms with Crippen LogP contribution in [0.25, 0.3) is 11.0 Å². The van der Waals surface area contributed by atoms with Crippen LogP contribution < -0.4 is 20.9 Å². The number of fused-ring (bicyclic) bond motifs is 1. The van der Waals surface area contributed by atoms with E-state index in [-0.39, 0.29) is 30.9 Å². The zero-order valence-corrected chi connectivity index (χ0v) is 14.9. The topological polar surface area (TPSA) is 122 Å². The number of nitrogens with two attached hydrogens (primary N) is 2. The molecule has 0 aliphatic carbocycles. The maximum atomic E-state index is 11.5. The van der Waals surface area contributed by atoms with Gasteiger partial charge in [-0.25, -0.2) is 4.79 Å². The van der Waals surface area contributed by atoms with Crippen molar-refractivity contribution in [3.05, 3.63) is 23.8 Å². The predicted molar refractivity (Wildman–Crippen MR) is 96.6 cm³/mol. The lowest BCUT2D eigenvalue weighted by molar-refractivity contribution is 0.0953. The fourth-order valence-corrected chi connectivity index (χ4v) is 2.14. The van der Waals surface area contributed by atoms with Crippen molar-refractivity contribution in [1.82, 2.24) is 0 Å². The van der Waals surface area contributed by atoms with Gasteiger partial charge in [-0.1, -0.05) is 6.07 Å². The van der Waals surface area contributed by atoms with E-state index in [0.29, 0.717) is 36.5 Å². The molecule has 2 aromatic rings. The molecule has 0 spiro atoms. The predicted octanol–water partition coefficient (Wildman–Crippen LogP) is 2.74. The molecule has 0 saturated carbocycles. The summed E-state index contributed by atoms with van der Waals surface area (Å²) in [7, 11) is 0. The molecule has 0 fully saturated rings. The van der Waals surface area contributed by atoms with Crippen molar-refractivity contribution in [1.29, 1.82) is 0 Å². The molecule has 0 aliphatic heterocycles. The first-order valence-corrected chi connectivity index (χ1v) is 7.57. The second-order valence-electron chi connectivity index (χ2n) is 4.94. The first-order chi connectivity index (χ1) is 11.5. The number of nitrogens with zero attached hydrogens (tertiary/aromatic N) is 1. The number of aliphatic imine (C=N–C) groups is 1. The van der Waals surface area contributed by atoms with E-state index in [9.17, 15) is 4.79 Å². The molecule has 0 unspecified atom stereocenters. The second kappa shape index (κ2) is 9.63. The monoisotopic (exact) mass is 371 g/mol. The number of carbonyl (C=O) groups excluding carboxylic acids is 1. The third kappa shape index (κ3) is 5.46. The molecule has 1 aromatic carbocycles. The van der Waals surface area contributed by atoms with Gasteiger partial charge in [0.25, 0.3) is 5.95 Å². The Morgan fingerprint density at radius 1 is 1.32 bits per heavy atom. The Kier molecular flexibility index (Phi) is 7.87. The Balaban J connectivity index is 0.00000312. The van der Waals surface area contributed by atoms with Crippen molar-refractivity contribution in [2.24, 2.45) is 16.5 Å².